The van der Waals surface area contributed by atoms with E-state index in [2.05, 4.69) is 38.7 Å². The van der Waals surface area contributed by atoms with Crippen molar-refractivity contribution in [3.05, 3.63) is 35.4 Å². The zero-order valence-electron chi connectivity index (χ0n) is 9.54. The second-order valence-corrected chi connectivity index (χ2v) is 10.1. The van der Waals surface area contributed by atoms with Crippen molar-refractivity contribution in [3.63, 3.8) is 0 Å². The van der Waals surface area contributed by atoms with Gasteiger partial charge >= 0.3 is 0 Å². The molecule has 1 atom stereocenters. The number of aryl methyl sites for hydroxylation is 1. The molecule has 0 aliphatic rings. The molecule has 0 spiro atoms. The molecule has 0 aromatic heterocycles. The Hall–Kier alpha value is -0.603. The molecule has 14 heavy (non-hydrogen) atoms. The lowest BCUT2D eigenvalue weighted by molar-refractivity contribution is 0.249. The SMILES string of the molecule is CCc1ccccc1[C@@H](O)[Si](C)(C)C. The maximum absolute atomic E-state index is 10.2. The van der Waals surface area contributed by atoms with E-state index in [0.717, 1.165) is 12.0 Å². The van der Waals surface area contributed by atoms with Gasteiger partial charge in [0, 0.05) is 0 Å². The first-order valence-electron chi connectivity index (χ1n) is 5.22. The van der Waals surface area contributed by atoms with Gasteiger partial charge < -0.3 is 5.11 Å². The first kappa shape index (κ1) is 11.5. The molecule has 0 aliphatic carbocycles. The molecule has 0 saturated carbocycles. The third-order valence-corrected chi connectivity index (χ3v) is 4.50. The lowest BCUT2D eigenvalue weighted by Crippen LogP contribution is -2.31. The summed E-state index contributed by atoms with van der Waals surface area (Å²) in [6.07, 6.45) is 0.998. The van der Waals surface area contributed by atoms with E-state index in [9.17, 15) is 5.11 Å². The van der Waals surface area contributed by atoms with Gasteiger partial charge in [-0.15, -0.1) is 0 Å². The molecular formula is C12H20OSi. The first-order valence-corrected chi connectivity index (χ1v) is 8.80. The van der Waals surface area contributed by atoms with E-state index in [0.29, 0.717) is 0 Å². The van der Waals surface area contributed by atoms with Gasteiger partial charge in [-0.1, -0.05) is 50.8 Å². The predicted octanol–water partition coefficient (Wildman–Crippen LogP) is 3.16. The molecule has 1 rings (SSSR count). The Balaban J connectivity index is 3.06. The average Bonchev–Trinajstić information content (AvgIpc) is 2.15. The fourth-order valence-electron chi connectivity index (χ4n) is 1.59. The Morgan fingerprint density at radius 2 is 1.79 bits per heavy atom. The van der Waals surface area contributed by atoms with Crippen molar-refractivity contribution in [2.75, 3.05) is 0 Å². The number of benzene rings is 1. The van der Waals surface area contributed by atoms with Crippen LogP contribution in [0.4, 0.5) is 0 Å². The third-order valence-electron chi connectivity index (χ3n) is 2.55. The summed E-state index contributed by atoms with van der Waals surface area (Å²) in [6, 6.07) is 8.22. The molecule has 1 N–H and O–H groups in total. The van der Waals surface area contributed by atoms with E-state index in [-0.39, 0.29) is 5.73 Å². The van der Waals surface area contributed by atoms with Crippen LogP contribution in [0.25, 0.3) is 0 Å². The van der Waals surface area contributed by atoms with E-state index >= 15 is 0 Å². The quantitative estimate of drug-likeness (QED) is 0.757. The minimum Gasteiger partial charge on any atom is -0.392 e. The Bertz CT molecular complexity index is 301. The molecule has 0 saturated heterocycles. The fourth-order valence-corrected chi connectivity index (χ4v) is 2.80. The number of aliphatic hydroxyl groups excluding tert-OH is 1. The van der Waals surface area contributed by atoms with Crippen LogP contribution in [0, 0.1) is 0 Å². The van der Waals surface area contributed by atoms with Crippen LogP contribution < -0.4 is 0 Å². The van der Waals surface area contributed by atoms with Crippen LogP contribution in [0.5, 0.6) is 0 Å². The topological polar surface area (TPSA) is 20.2 Å². The summed E-state index contributed by atoms with van der Waals surface area (Å²) in [5, 5.41) is 10.2. The second kappa shape index (κ2) is 4.28. The zero-order valence-corrected chi connectivity index (χ0v) is 10.5. The smallest absolute Gasteiger partial charge is 0.0838 e. The lowest BCUT2D eigenvalue weighted by Gasteiger charge is -2.25. The van der Waals surface area contributed by atoms with Gasteiger partial charge in [0.05, 0.1) is 13.8 Å². The second-order valence-electron chi connectivity index (χ2n) is 4.82. The van der Waals surface area contributed by atoms with Gasteiger partial charge in [-0.25, -0.2) is 0 Å². The molecular weight excluding hydrogens is 188 g/mol. The van der Waals surface area contributed by atoms with Crippen molar-refractivity contribution in [1.82, 2.24) is 0 Å². The van der Waals surface area contributed by atoms with Crippen LogP contribution in [0.15, 0.2) is 24.3 Å². The summed E-state index contributed by atoms with van der Waals surface area (Å²) >= 11 is 0. The van der Waals surface area contributed by atoms with E-state index in [4.69, 9.17) is 0 Å². The minimum absolute atomic E-state index is 0.237. The molecule has 0 unspecified atom stereocenters. The van der Waals surface area contributed by atoms with Crippen LogP contribution in [-0.2, 0) is 6.42 Å². The molecule has 0 aliphatic heterocycles. The van der Waals surface area contributed by atoms with E-state index in [1.54, 1.807) is 0 Å². The van der Waals surface area contributed by atoms with Gasteiger partial charge in [0.25, 0.3) is 0 Å². The summed E-state index contributed by atoms with van der Waals surface area (Å²) < 4.78 is 0. The fraction of sp³-hybridized carbons (Fsp3) is 0.500. The molecule has 0 radical (unpaired) electrons. The van der Waals surface area contributed by atoms with Gasteiger partial charge in [-0.2, -0.15) is 0 Å². The maximum Gasteiger partial charge on any atom is 0.0838 e. The minimum atomic E-state index is -1.49. The normalized spacial score (nSPS) is 14.1. The molecule has 0 amide bonds. The van der Waals surface area contributed by atoms with Crippen molar-refractivity contribution in [1.29, 1.82) is 0 Å². The molecule has 1 aromatic carbocycles. The van der Waals surface area contributed by atoms with Crippen LogP contribution in [0.3, 0.4) is 0 Å². The van der Waals surface area contributed by atoms with Crippen molar-refractivity contribution in [3.8, 4) is 0 Å². The Morgan fingerprint density at radius 3 is 2.29 bits per heavy atom. The van der Waals surface area contributed by atoms with Crippen molar-refractivity contribution < 1.29 is 5.11 Å². The summed E-state index contributed by atoms with van der Waals surface area (Å²) in [7, 11) is -1.49. The number of aliphatic hydroxyl groups is 1. The highest BCUT2D eigenvalue weighted by atomic mass is 28.3. The van der Waals surface area contributed by atoms with Gasteiger partial charge in [0.15, 0.2) is 0 Å². The Morgan fingerprint density at radius 1 is 1.21 bits per heavy atom. The van der Waals surface area contributed by atoms with Gasteiger partial charge in [-0.3, -0.25) is 0 Å². The van der Waals surface area contributed by atoms with Crippen molar-refractivity contribution in [2.24, 2.45) is 0 Å². The molecule has 1 nitrogen and oxygen atoms in total. The average molecular weight is 208 g/mol. The zero-order chi connectivity index (χ0) is 10.8. The molecule has 78 valence electrons. The third kappa shape index (κ3) is 2.46. The first-order chi connectivity index (χ1) is 6.46. The van der Waals surface area contributed by atoms with Gasteiger partial charge in [-0.05, 0) is 17.5 Å². The van der Waals surface area contributed by atoms with E-state index in [1.807, 2.05) is 12.1 Å². The lowest BCUT2D eigenvalue weighted by atomic mass is 10.1. The molecule has 1 aromatic rings. The number of hydrogen-bond acceptors (Lipinski definition) is 1. The van der Waals surface area contributed by atoms with E-state index in [1.165, 1.54) is 5.56 Å². The number of rotatable bonds is 3. The highest BCUT2D eigenvalue weighted by Crippen LogP contribution is 2.26. The van der Waals surface area contributed by atoms with Crippen LogP contribution in [0.2, 0.25) is 19.6 Å². The van der Waals surface area contributed by atoms with Crippen molar-refractivity contribution in [2.45, 2.75) is 38.7 Å². The predicted molar refractivity (Wildman–Crippen MR) is 64.1 cm³/mol. The van der Waals surface area contributed by atoms with Crippen LogP contribution >= 0.6 is 0 Å². The number of hydrogen-bond donors (Lipinski definition) is 1. The maximum atomic E-state index is 10.2. The van der Waals surface area contributed by atoms with Gasteiger partial charge in [0.2, 0.25) is 0 Å². The highest BCUT2D eigenvalue weighted by molar-refractivity contribution is 6.77. The van der Waals surface area contributed by atoms with Gasteiger partial charge in [0.1, 0.15) is 0 Å². The Kier molecular flexibility index (Phi) is 3.51. The molecule has 2 heteroatoms. The molecule has 0 fully saturated rings. The van der Waals surface area contributed by atoms with Crippen molar-refractivity contribution >= 4 is 8.07 Å². The summed E-state index contributed by atoms with van der Waals surface area (Å²) in [6.45, 7) is 8.73. The van der Waals surface area contributed by atoms with Crippen LogP contribution in [-0.4, -0.2) is 13.2 Å². The highest BCUT2D eigenvalue weighted by Gasteiger charge is 2.27. The summed E-state index contributed by atoms with van der Waals surface area (Å²) in [4.78, 5) is 0. The largest absolute Gasteiger partial charge is 0.392 e. The standard InChI is InChI=1S/C12H20OSi/c1-5-10-8-6-7-9-11(10)12(13)14(2,3)4/h6-9,12-13H,5H2,1-4H3/t12-/m0/s1. The summed E-state index contributed by atoms with van der Waals surface area (Å²) in [5.41, 5.74) is 2.18. The Labute approximate surface area is 87.8 Å². The van der Waals surface area contributed by atoms with E-state index < -0.39 is 8.07 Å². The van der Waals surface area contributed by atoms with Crippen LogP contribution in [0.1, 0.15) is 23.8 Å². The molecule has 0 heterocycles. The summed E-state index contributed by atoms with van der Waals surface area (Å²) in [5.74, 6) is 0. The molecule has 0 bridgehead atoms. The monoisotopic (exact) mass is 208 g/mol.